The van der Waals surface area contributed by atoms with Crippen LogP contribution < -0.4 is 0 Å². The number of nitrogens with zero attached hydrogens (tertiary/aromatic N) is 3. The lowest BCUT2D eigenvalue weighted by molar-refractivity contribution is -0.140. The molecule has 0 spiro atoms. The fourth-order valence-electron chi connectivity index (χ4n) is 1.36. The van der Waals surface area contributed by atoms with Crippen LogP contribution in [-0.4, -0.2) is 4.98 Å². The van der Waals surface area contributed by atoms with Crippen LogP contribution in [-0.2, 0) is 12.6 Å². The molecule has 0 atom stereocenters. The highest BCUT2D eigenvalue weighted by molar-refractivity contribution is 5.48. The first kappa shape index (κ1) is 13.8. The van der Waals surface area contributed by atoms with Gasteiger partial charge in [-0.3, -0.25) is 4.98 Å². The van der Waals surface area contributed by atoms with E-state index in [1.807, 2.05) is 0 Å². The second-order valence-electron chi connectivity index (χ2n) is 3.16. The van der Waals surface area contributed by atoms with Gasteiger partial charge in [-0.1, -0.05) is 0 Å². The van der Waals surface area contributed by atoms with Crippen molar-refractivity contribution in [3.8, 4) is 12.1 Å². The lowest BCUT2D eigenvalue weighted by Crippen LogP contribution is -2.15. The molecular formula is C10H4F5N3. The van der Waals surface area contributed by atoms with Gasteiger partial charge in [-0.05, 0) is 0 Å². The molecule has 0 amide bonds. The van der Waals surface area contributed by atoms with E-state index < -0.39 is 35.8 Å². The largest absolute Gasteiger partial charge is 0.419 e. The molecule has 0 aliphatic heterocycles. The molecular weight excluding hydrogens is 257 g/mol. The summed E-state index contributed by atoms with van der Waals surface area (Å²) in [5.74, 6) is 0. The summed E-state index contributed by atoms with van der Waals surface area (Å²) in [5.41, 5.74) is -4.57. The molecule has 18 heavy (non-hydrogen) atoms. The molecule has 0 fully saturated rings. The van der Waals surface area contributed by atoms with Gasteiger partial charge in [0, 0.05) is 11.8 Å². The number of aromatic nitrogens is 1. The molecule has 1 rings (SSSR count). The number of nitriles is 2. The van der Waals surface area contributed by atoms with Crippen molar-refractivity contribution in [2.45, 2.75) is 19.0 Å². The molecule has 1 aromatic rings. The van der Waals surface area contributed by atoms with Crippen molar-refractivity contribution >= 4 is 0 Å². The second kappa shape index (κ2) is 4.96. The van der Waals surface area contributed by atoms with E-state index in [4.69, 9.17) is 10.5 Å². The molecule has 0 saturated heterocycles. The average molecular weight is 261 g/mol. The summed E-state index contributed by atoms with van der Waals surface area (Å²) >= 11 is 0. The lowest BCUT2D eigenvalue weighted by Gasteiger charge is -2.14. The number of hydrogen-bond acceptors (Lipinski definition) is 3. The molecule has 94 valence electrons. The van der Waals surface area contributed by atoms with Gasteiger partial charge in [-0.15, -0.1) is 0 Å². The number of alkyl halides is 5. The van der Waals surface area contributed by atoms with Crippen LogP contribution in [0.4, 0.5) is 22.0 Å². The summed E-state index contributed by atoms with van der Waals surface area (Å²) in [7, 11) is 0. The highest BCUT2D eigenvalue weighted by atomic mass is 19.4. The molecule has 0 aliphatic carbocycles. The Morgan fingerprint density at radius 3 is 2.28 bits per heavy atom. The van der Waals surface area contributed by atoms with Crippen molar-refractivity contribution in [1.82, 2.24) is 4.98 Å². The minimum absolute atomic E-state index is 0.322. The molecule has 8 heteroatoms. The van der Waals surface area contributed by atoms with Crippen molar-refractivity contribution in [3.63, 3.8) is 0 Å². The molecule has 0 saturated carbocycles. The Bertz CT molecular complexity index is 536. The summed E-state index contributed by atoms with van der Waals surface area (Å²) in [6.45, 7) is 0. The maximum atomic E-state index is 12.7. The van der Waals surface area contributed by atoms with Crippen molar-refractivity contribution in [1.29, 1.82) is 10.5 Å². The van der Waals surface area contributed by atoms with Gasteiger partial charge in [-0.2, -0.15) is 23.7 Å². The fourth-order valence-corrected chi connectivity index (χ4v) is 1.36. The minimum Gasteiger partial charge on any atom is -0.254 e. The highest BCUT2D eigenvalue weighted by Gasteiger charge is 2.40. The van der Waals surface area contributed by atoms with Gasteiger partial charge in [0.05, 0.1) is 18.1 Å². The summed E-state index contributed by atoms with van der Waals surface area (Å²) < 4.78 is 62.9. The van der Waals surface area contributed by atoms with Crippen LogP contribution in [0.2, 0.25) is 0 Å². The zero-order chi connectivity index (χ0) is 13.9. The third-order valence-corrected chi connectivity index (χ3v) is 2.06. The number of hydrogen-bond donors (Lipinski definition) is 0. The van der Waals surface area contributed by atoms with Gasteiger partial charge in [0.25, 0.3) is 6.43 Å². The molecule has 0 aliphatic rings. The first-order valence-electron chi connectivity index (χ1n) is 4.47. The van der Waals surface area contributed by atoms with Crippen LogP contribution >= 0.6 is 0 Å². The van der Waals surface area contributed by atoms with E-state index in [1.54, 1.807) is 6.07 Å². The summed E-state index contributed by atoms with van der Waals surface area (Å²) in [4.78, 5) is 3.00. The van der Waals surface area contributed by atoms with Crippen LogP contribution in [0.1, 0.15) is 28.8 Å². The Balaban J connectivity index is 3.64. The summed E-state index contributed by atoms with van der Waals surface area (Å²) in [5, 5.41) is 17.1. The molecule has 0 N–H and O–H groups in total. The van der Waals surface area contributed by atoms with Crippen molar-refractivity contribution in [2.75, 3.05) is 0 Å². The maximum absolute atomic E-state index is 12.7. The van der Waals surface area contributed by atoms with E-state index >= 15 is 0 Å². The maximum Gasteiger partial charge on any atom is 0.419 e. The van der Waals surface area contributed by atoms with Gasteiger partial charge in [-0.25, -0.2) is 8.78 Å². The zero-order valence-corrected chi connectivity index (χ0v) is 8.59. The Hall–Kier alpha value is -2.22. The van der Waals surface area contributed by atoms with Crippen molar-refractivity contribution in [2.24, 2.45) is 0 Å². The predicted octanol–water partition coefficient (Wildman–Crippen LogP) is 2.98. The number of rotatable bonds is 2. The Labute approximate surface area is 98.1 Å². The van der Waals surface area contributed by atoms with Crippen molar-refractivity contribution in [3.05, 3.63) is 28.6 Å². The van der Waals surface area contributed by atoms with E-state index in [0.717, 1.165) is 0 Å². The molecule has 0 aromatic carbocycles. The SMILES string of the molecule is N#CCc1cnc(C(F)F)c(C(F)(F)F)c1C#N. The predicted molar refractivity (Wildman–Crippen MR) is 48.2 cm³/mol. The average Bonchev–Trinajstić information content (AvgIpc) is 2.27. The Morgan fingerprint density at radius 2 is 1.89 bits per heavy atom. The third kappa shape index (κ3) is 2.54. The molecule has 0 bridgehead atoms. The van der Waals surface area contributed by atoms with Gasteiger partial charge >= 0.3 is 6.18 Å². The van der Waals surface area contributed by atoms with Gasteiger partial charge in [0.2, 0.25) is 0 Å². The third-order valence-electron chi connectivity index (χ3n) is 2.06. The molecule has 1 heterocycles. The zero-order valence-electron chi connectivity index (χ0n) is 8.59. The van der Waals surface area contributed by atoms with E-state index in [-0.39, 0.29) is 5.56 Å². The summed E-state index contributed by atoms with van der Waals surface area (Å²) in [6.07, 6.45) is -8.40. The summed E-state index contributed by atoms with van der Waals surface area (Å²) in [6, 6.07) is 2.75. The van der Waals surface area contributed by atoms with E-state index in [1.165, 1.54) is 6.07 Å². The van der Waals surface area contributed by atoms with E-state index in [2.05, 4.69) is 4.98 Å². The van der Waals surface area contributed by atoms with Crippen LogP contribution in [0.25, 0.3) is 0 Å². The van der Waals surface area contributed by atoms with Crippen LogP contribution in [0.15, 0.2) is 6.20 Å². The number of pyridine rings is 1. The van der Waals surface area contributed by atoms with E-state index in [9.17, 15) is 22.0 Å². The van der Waals surface area contributed by atoms with Crippen LogP contribution in [0, 0.1) is 22.7 Å². The fraction of sp³-hybridized carbons (Fsp3) is 0.300. The Kier molecular flexibility index (Phi) is 3.82. The topological polar surface area (TPSA) is 60.5 Å². The molecule has 0 radical (unpaired) electrons. The molecule has 0 unspecified atom stereocenters. The van der Waals surface area contributed by atoms with Gasteiger partial charge in [0.15, 0.2) is 0 Å². The minimum atomic E-state index is -5.13. The van der Waals surface area contributed by atoms with Crippen LogP contribution in [0.5, 0.6) is 0 Å². The molecule has 3 nitrogen and oxygen atoms in total. The van der Waals surface area contributed by atoms with Gasteiger partial charge in [0.1, 0.15) is 17.3 Å². The normalized spacial score (nSPS) is 11.1. The molecule has 1 aromatic heterocycles. The standard InChI is InChI=1S/C10H4F5N3/c11-9(12)8-7(10(13,14)15)6(3-17)5(1-2-16)4-18-8/h4,9H,1H2. The highest BCUT2D eigenvalue weighted by Crippen LogP contribution is 2.38. The first-order chi connectivity index (χ1) is 8.32. The quantitative estimate of drug-likeness (QED) is 0.769. The smallest absolute Gasteiger partial charge is 0.254 e. The lowest BCUT2D eigenvalue weighted by atomic mass is 10.00. The first-order valence-corrected chi connectivity index (χ1v) is 4.47. The van der Waals surface area contributed by atoms with Gasteiger partial charge < -0.3 is 0 Å². The van der Waals surface area contributed by atoms with E-state index in [0.29, 0.717) is 6.20 Å². The second-order valence-corrected chi connectivity index (χ2v) is 3.16. The van der Waals surface area contributed by atoms with Crippen molar-refractivity contribution < 1.29 is 22.0 Å². The monoisotopic (exact) mass is 261 g/mol. The van der Waals surface area contributed by atoms with Crippen LogP contribution in [0.3, 0.4) is 0 Å². The number of halogens is 5. The Morgan fingerprint density at radius 1 is 1.28 bits per heavy atom.